The SMILES string of the molecule is CCOC(=O)C(=CCCCC#Cc1ccccc1)C(=O)OCC. The molecule has 4 heteroatoms. The molecule has 0 aliphatic carbocycles. The summed E-state index contributed by atoms with van der Waals surface area (Å²) in [7, 11) is 0. The molecular formula is C19H22O4. The summed E-state index contributed by atoms with van der Waals surface area (Å²) in [6.45, 7) is 3.83. The van der Waals surface area contributed by atoms with Gasteiger partial charge in [-0.25, -0.2) is 9.59 Å². The number of ether oxygens (including phenoxy) is 2. The lowest BCUT2D eigenvalue weighted by Crippen LogP contribution is -2.18. The van der Waals surface area contributed by atoms with Gasteiger partial charge in [0.05, 0.1) is 13.2 Å². The van der Waals surface area contributed by atoms with Gasteiger partial charge < -0.3 is 9.47 Å². The first-order valence-electron chi connectivity index (χ1n) is 7.77. The van der Waals surface area contributed by atoms with Gasteiger partial charge in [0.2, 0.25) is 0 Å². The van der Waals surface area contributed by atoms with Crippen molar-refractivity contribution >= 4 is 11.9 Å². The first-order valence-corrected chi connectivity index (χ1v) is 7.77. The maximum atomic E-state index is 11.7. The highest BCUT2D eigenvalue weighted by molar-refractivity contribution is 6.14. The van der Waals surface area contributed by atoms with E-state index in [1.165, 1.54) is 0 Å². The van der Waals surface area contributed by atoms with E-state index < -0.39 is 11.9 Å². The van der Waals surface area contributed by atoms with E-state index in [0.29, 0.717) is 12.8 Å². The van der Waals surface area contributed by atoms with Crippen molar-refractivity contribution in [3.05, 3.63) is 47.5 Å². The van der Waals surface area contributed by atoms with Crippen LogP contribution in [0, 0.1) is 11.8 Å². The molecule has 0 heterocycles. The Bertz CT molecular complexity index is 571. The Kier molecular flexibility index (Phi) is 8.92. The van der Waals surface area contributed by atoms with Gasteiger partial charge in [0, 0.05) is 12.0 Å². The van der Waals surface area contributed by atoms with E-state index in [-0.39, 0.29) is 18.8 Å². The molecule has 0 bridgehead atoms. The highest BCUT2D eigenvalue weighted by Gasteiger charge is 2.20. The predicted octanol–water partition coefficient (Wildman–Crippen LogP) is 3.26. The van der Waals surface area contributed by atoms with Crippen molar-refractivity contribution in [1.82, 2.24) is 0 Å². The average Bonchev–Trinajstić information content (AvgIpc) is 2.55. The number of carbonyl (C=O) groups excluding carboxylic acids is 2. The number of benzene rings is 1. The second-order valence-electron chi connectivity index (χ2n) is 4.62. The number of hydrogen-bond donors (Lipinski definition) is 0. The lowest BCUT2D eigenvalue weighted by Gasteiger charge is -2.06. The van der Waals surface area contributed by atoms with Gasteiger partial charge in [-0.2, -0.15) is 0 Å². The van der Waals surface area contributed by atoms with Crippen molar-refractivity contribution in [3.8, 4) is 11.8 Å². The lowest BCUT2D eigenvalue weighted by atomic mass is 10.1. The van der Waals surface area contributed by atoms with Gasteiger partial charge in [-0.05, 0) is 38.8 Å². The molecule has 0 fully saturated rings. The quantitative estimate of drug-likeness (QED) is 0.194. The minimum Gasteiger partial charge on any atom is -0.462 e. The molecule has 0 aromatic heterocycles. The molecule has 4 nitrogen and oxygen atoms in total. The molecule has 0 aliphatic heterocycles. The van der Waals surface area contributed by atoms with Gasteiger partial charge in [0.15, 0.2) is 0 Å². The number of esters is 2. The molecule has 0 saturated heterocycles. The van der Waals surface area contributed by atoms with E-state index in [4.69, 9.17) is 9.47 Å². The Morgan fingerprint density at radius 3 is 2.22 bits per heavy atom. The zero-order valence-electron chi connectivity index (χ0n) is 13.6. The van der Waals surface area contributed by atoms with E-state index in [9.17, 15) is 9.59 Å². The van der Waals surface area contributed by atoms with E-state index >= 15 is 0 Å². The van der Waals surface area contributed by atoms with Gasteiger partial charge in [0.1, 0.15) is 5.57 Å². The van der Waals surface area contributed by atoms with Gasteiger partial charge >= 0.3 is 11.9 Å². The highest BCUT2D eigenvalue weighted by atomic mass is 16.6. The van der Waals surface area contributed by atoms with Crippen LogP contribution in [0.5, 0.6) is 0 Å². The highest BCUT2D eigenvalue weighted by Crippen LogP contribution is 2.07. The summed E-state index contributed by atoms with van der Waals surface area (Å²) >= 11 is 0. The maximum Gasteiger partial charge on any atom is 0.345 e. The fourth-order valence-corrected chi connectivity index (χ4v) is 1.79. The van der Waals surface area contributed by atoms with Gasteiger partial charge in [-0.3, -0.25) is 0 Å². The number of unbranched alkanes of at least 4 members (excludes halogenated alkanes) is 2. The van der Waals surface area contributed by atoms with E-state index in [1.807, 2.05) is 30.3 Å². The molecule has 0 atom stereocenters. The number of allylic oxidation sites excluding steroid dienone is 1. The molecule has 0 unspecified atom stereocenters. The molecular weight excluding hydrogens is 292 g/mol. The summed E-state index contributed by atoms with van der Waals surface area (Å²) < 4.78 is 9.74. The van der Waals surface area contributed by atoms with Gasteiger partial charge in [-0.15, -0.1) is 0 Å². The van der Waals surface area contributed by atoms with Crippen molar-refractivity contribution in [2.24, 2.45) is 0 Å². The maximum absolute atomic E-state index is 11.7. The fourth-order valence-electron chi connectivity index (χ4n) is 1.79. The predicted molar refractivity (Wildman–Crippen MR) is 88.5 cm³/mol. The topological polar surface area (TPSA) is 52.6 Å². The molecule has 0 N–H and O–H groups in total. The minimum atomic E-state index is -0.638. The first kappa shape index (κ1) is 18.5. The van der Waals surface area contributed by atoms with E-state index in [1.54, 1.807) is 19.9 Å². The Morgan fingerprint density at radius 1 is 1.04 bits per heavy atom. The Morgan fingerprint density at radius 2 is 1.65 bits per heavy atom. The molecule has 0 spiro atoms. The van der Waals surface area contributed by atoms with Crippen LogP contribution in [-0.4, -0.2) is 25.2 Å². The molecule has 122 valence electrons. The van der Waals surface area contributed by atoms with Crippen LogP contribution in [-0.2, 0) is 19.1 Å². The summed E-state index contributed by atoms with van der Waals surface area (Å²) in [4.78, 5) is 23.5. The van der Waals surface area contributed by atoms with Gasteiger partial charge in [-0.1, -0.05) is 36.1 Å². The molecule has 0 amide bonds. The third kappa shape index (κ3) is 7.32. The molecule has 0 radical (unpaired) electrons. The second-order valence-corrected chi connectivity index (χ2v) is 4.62. The fraction of sp³-hybridized carbons (Fsp3) is 0.368. The van der Waals surface area contributed by atoms with Crippen LogP contribution in [0.25, 0.3) is 0 Å². The Balaban J connectivity index is 2.52. The molecule has 1 aromatic carbocycles. The average molecular weight is 314 g/mol. The van der Waals surface area contributed by atoms with Gasteiger partial charge in [0.25, 0.3) is 0 Å². The van der Waals surface area contributed by atoms with Crippen molar-refractivity contribution in [2.45, 2.75) is 33.1 Å². The molecule has 0 saturated carbocycles. The van der Waals surface area contributed by atoms with Crippen molar-refractivity contribution in [1.29, 1.82) is 0 Å². The summed E-state index contributed by atoms with van der Waals surface area (Å²) in [5.41, 5.74) is 0.937. The summed E-state index contributed by atoms with van der Waals surface area (Å²) in [6, 6.07) is 9.73. The van der Waals surface area contributed by atoms with E-state index in [0.717, 1.165) is 12.0 Å². The normalized spacial score (nSPS) is 9.30. The molecule has 1 aromatic rings. The van der Waals surface area contributed by atoms with Crippen LogP contribution < -0.4 is 0 Å². The molecule has 23 heavy (non-hydrogen) atoms. The third-order valence-corrected chi connectivity index (χ3v) is 2.85. The summed E-state index contributed by atoms with van der Waals surface area (Å²) in [6.07, 6.45) is 3.57. The van der Waals surface area contributed by atoms with Crippen LogP contribution in [0.2, 0.25) is 0 Å². The monoisotopic (exact) mass is 314 g/mol. The molecule has 1 rings (SSSR count). The third-order valence-electron chi connectivity index (χ3n) is 2.85. The summed E-state index contributed by atoms with van der Waals surface area (Å²) in [5.74, 6) is 4.86. The number of carbonyl (C=O) groups is 2. The smallest absolute Gasteiger partial charge is 0.345 e. The minimum absolute atomic E-state index is 0.0373. The number of rotatable bonds is 7. The van der Waals surface area contributed by atoms with Crippen LogP contribution in [0.1, 0.15) is 38.7 Å². The zero-order chi connectivity index (χ0) is 16.9. The van der Waals surface area contributed by atoms with Crippen molar-refractivity contribution in [3.63, 3.8) is 0 Å². The van der Waals surface area contributed by atoms with Crippen LogP contribution >= 0.6 is 0 Å². The zero-order valence-corrected chi connectivity index (χ0v) is 13.6. The Labute approximate surface area is 137 Å². The Hall–Kier alpha value is -2.54. The second kappa shape index (κ2) is 11.1. The van der Waals surface area contributed by atoms with Crippen LogP contribution in [0.3, 0.4) is 0 Å². The van der Waals surface area contributed by atoms with Crippen LogP contribution in [0.4, 0.5) is 0 Å². The summed E-state index contributed by atoms with van der Waals surface area (Å²) in [5, 5.41) is 0. The first-order chi connectivity index (χ1) is 11.2. The van der Waals surface area contributed by atoms with Crippen LogP contribution in [0.15, 0.2) is 42.0 Å². The van der Waals surface area contributed by atoms with Crippen molar-refractivity contribution in [2.75, 3.05) is 13.2 Å². The molecule has 0 aliphatic rings. The van der Waals surface area contributed by atoms with Crippen molar-refractivity contribution < 1.29 is 19.1 Å². The number of hydrogen-bond acceptors (Lipinski definition) is 4. The standard InChI is InChI=1S/C19H22O4/c1-3-22-18(20)17(19(21)23-4-2)15-11-6-5-8-12-16-13-9-7-10-14-16/h7,9-10,13-15H,3-6,11H2,1-2H3. The largest absolute Gasteiger partial charge is 0.462 e. The van der Waals surface area contributed by atoms with E-state index in [2.05, 4.69) is 11.8 Å². The lowest BCUT2D eigenvalue weighted by molar-refractivity contribution is -0.146.